The lowest BCUT2D eigenvalue weighted by molar-refractivity contribution is 0.458. The monoisotopic (exact) mass is 308 g/mol. The van der Waals surface area contributed by atoms with E-state index in [4.69, 9.17) is 16.3 Å². The van der Waals surface area contributed by atoms with Crippen LogP contribution in [0.4, 0.5) is 4.39 Å². The Balaban J connectivity index is 2.13. The summed E-state index contributed by atoms with van der Waals surface area (Å²) in [6.45, 7) is 5.15. The van der Waals surface area contributed by atoms with Gasteiger partial charge in [0.1, 0.15) is 11.6 Å². The first-order chi connectivity index (χ1) is 10.1. The van der Waals surface area contributed by atoms with Crippen LogP contribution in [0.5, 0.6) is 11.6 Å². The van der Waals surface area contributed by atoms with E-state index in [2.05, 4.69) is 24.1 Å². The molecular formula is C16H18ClFN2O. The maximum atomic E-state index is 13.0. The van der Waals surface area contributed by atoms with E-state index in [1.54, 1.807) is 6.20 Å². The second-order valence-electron chi connectivity index (χ2n) is 4.78. The Morgan fingerprint density at radius 1 is 1.33 bits per heavy atom. The molecule has 0 saturated carbocycles. The van der Waals surface area contributed by atoms with Crippen molar-refractivity contribution in [3.05, 3.63) is 52.9 Å². The summed E-state index contributed by atoms with van der Waals surface area (Å²) in [5.74, 6) is 0.425. The molecule has 0 aliphatic rings. The van der Waals surface area contributed by atoms with Gasteiger partial charge in [0, 0.05) is 18.3 Å². The minimum Gasteiger partial charge on any atom is -0.437 e. The highest BCUT2D eigenvalue weighted by Crippen LogP contribution is 2.29. The third-order valence-corrected chi connectivity index (χ3v) is 3.36. The van der Waals surface area contributed by atoms with Crippen molar-refractivity contribution in [2.24, 2.45) is 0 Å². The summed E-state index contributed by atoms with van der Waals surface area (Å²) in [4.78, 5) is 4.16. The van der Waals surface area contributed by atoms with Crippen molar-refractivity contribution in [3.8, 4) is 11.6 Å². The van der Waals surface area contributed by atoms with Crippen LogP contribution in [0.15, 0.2) is 36.5 Å². The minimum atomic E-state index is -0.397. The molecule has 112 valence electrons. The first kappa shape index (κ1) is 15.7. The van der Waals surface area contributed by atoms with Gasteiger partial charge in [0.15, 0.2) is 0 Å². The maximum Gasteiger partial charge on any atom is 0.219 e. The smallest absolute Gasteiger partial charge is 0.219 e. The molecule has 0 saturated heterocycles. The normalized spacial score (nSPS) is 12.2. The number of aromatic nitrogens is 1. The van der Waals surface area contributed by atoms with Crippen LogP contribution in [0.3, 0.4) is 0 Å². The van der Waals surface area contributed by atoms with Gasteiger partial charge in [-0.15, -0.1) is 0 Å². The fraction of sp³-hybridized carbons (Fsp3) is 0.312. The van der Waals surface area contributed by atoms with Gasteiger partial charge in [-0.3, -0.25) is 0 Å². The first-order valence-electron chi connectivity index (χ1n) is 6.92. The number of pyridine rings is 1. The van der Waals surface area contributed by atoms with Gasteiger partial charge < -0.3 is 10.1 Å². The summed E-state index contributed by atoms with van der Waals surface area (Å²) in [6.07, 6.45) is 2.76. The van der Waals surface area contributed by atoms with Crippen molar-refractivity contribution in [2.75, 3.05) is 6.54 Å². The molecule has 0 fully saturated rings. The summed E-state index contributed by atoms with van der Waals surface area (Å²) < 4.78 is 18.6. The number of halogens is 2. The number of hydrogen-bond acceptors (Lipinski definition) is 3. The van der Waals surface area contributed by atoms with Crippen LogP contribution >= 0.6 is 11.6 Å². The highest BCUT2D eigenvalue weighted by atomic mass is 35.5. The average Bonchev–Trinajstić information content (AvgIpc) is 2.48. The van der Waals surface area contributed by atoms with Gasteiger partial charge in [-0.1, -0.05) is 18.5 Å². The van der Waals surface area contributed by atoms with E-state index >= 15 is 0 Å². The molecule has 1 aromatic heterocycles. The quantitative estimate of drug-likeness (QED) is 0.838. The molecule has 1 N–H and O–H groups in total. The van der Waals surface area contributed by atoms with Gasteiger partial charge in [0.2, 0.25) is 5.88 Å². The Hall–Kier alpha value is -1.65. The molecule has 0 spiro atoms. The average molecular weight is 309 g/mol. The lowest BCUT2D eigenvalue weighted by Crippen LogP contribution is -2.19. The molecule has 2 rings (SSSR count). The molecule has 21 heavy (non-hydrogen) atoms. The topological polar surface area (TPSA) is 34.2 Å². The molecule has 1 atom stereocenters. The van der Waals surface area contributed by atoms with E-state index in [9.17, 15) is 4.39 Å². The molecule has 0 amide bonds. The van der Waals surface area contributed by atoms with Crippen molar-refractivity contribution >= 4 is 11.6 Å². The SMILES string of the molecule is CCCNC(C)c1ccnc(Oc2ccc(F)cc2Cl)c1. The zero-order chi connectivity index (χ0) is 15.2. The molecule has 2 aromatic rings. The van der Waals surface area contributed by atoms with E-state index in [1.165, 1.54) is 18.2 Å². The maximum absolute atomic E-state index is 13.0. The van der Waals surface area contributed by atoms with Crippen LogP contribution in [-0.2, 0) is 0 Å². The predicted octanol–water partition coefficient (Wildman–Crippen LogP) is 4.73. The number of rotatable bonds is 6. The van der Waals surface area contributed by atoms with Gasteiger partial charge in [-0.25, -0.2) is 9.37 Å². The Labute approximate surface area is 129 Å². The second kappa shape index (κ2) is 7.38. The van der Waals surface area contributed by atoms with Crippen LogP contribution in [0.2, 0.25) is 5.02 Å². The fourth-order valence-electron chi connectivity index (χ4n) is 1.90. The highest BCUT2D eigenvalue weighted by Gasteiger charge is 2.09. The van der Waals surface area contributed by atoms with Crippen LogP contribution in [0.1, 0.15) is 31.9 Å². The van der Waals surface area contributed by atoms with Gasteiger partial charge in [-0.05, 0) is 49.7 Å². The Kier molecular flexibility index (Phi) is 5.53. The Bertz CT molecular complexity index is 607. The molecule has 5 heteroatoms. The van der Waals surface area contributed by atoms with Gasteiger partial charge in [-0.2, -0.15) is 0 Å². The fourth-order valence-corrected chi connectivity index (χ4v) is 2.11. The zero-order valence-corrected chi connectivity index (χ0v) is 12.8. The number of nitrogens with zero attached hydrogens (tertiary/aromatic N) is 1. The third kappa shape index (κ3) is 4.41. The predicted molar refractivity (Wildman–Crippen MR) is 82.4 cm³/mol. The van der Waals surface area contributed by atoms with Gasteiger partial charge in [0.05, 0.1) is 5.02 Å². The summed E-state index contributed by atoms with van der Waals surface area (Å²) in [6, 6.07) is 8.01. The molecular weight excluding hydrogens is 291 g/mol. The van der Waals surface area contributed by atoms with Crippen LogP contribution in [0.25, 0.3) is 0 Å². The molecule has 1 heterocycles. The van der Waals surface area contributed by atoms with E-state index in [1.807, 2.05) is 12.1 Å². The standard InChI is InChI=1S/C16H18ClFN2O/c1-3-7-19-11(2)12-6-8-20-16(9-12)21-15-5-4-13(18)10-14(15)17/h4-6,8-11,19H,3,7H2,1-2H3. The van der Waals surface area contributed by atoms with E-state index < -0.39 is 5.82 Å². The summed E-state index contributed by atoms with van der Waals surface area (Å²) in [5.41, 5.74) is 1.08. The summed E-state index contributed by atoms with van der Waals surface area (Å²) in [5, 5.41) is 3.62. The van der Waals surface area contributed by atoms with E-state index in [-0.39, 0.29) is 11.1 Å². The number of ether oxygens (including phenoxy) is 1. The van der Waals surface area contributed by atoms with Crippen LogP contribution in [-0.4, -0.2) is 11.5 Å². The number of nitrogens with one attached hydrogen (secondary N) is 1. The highest BCUT2D eigenvalue weighted by molar-refractivity contribution is 6.32. The lowest BCUT2D eigenvalue weighted by Gasteiger charge is -2.14. The van der Waals surface area contributed by atoms with E-state index in [0.717, 1.165) is 18.5 Å². The van der Waals surface area contributed by atoms with Crippen LogP contribution < -0.4 is 10.1 Å². The molecule has 1 aromatic carbocycles. The van der Waals surface area contributed by atoms with Crippen molar-refractivity contribution < 1.29 is 9.13 Å². The molecule has 3 nitrogen and oxygen atoms in total. The van der Waals surface area contributed by atoms with Crippen molar-refractivity contribution in [1.82, 2.24) is 10.3 Å². The molecule has 0 bridgehead atoms. The molecule has 0 radical (unpaired) electrons. The molecule has 0 aliphatic carbocycles. The minimum absolute atomic E-state index is 0.207. The first-order valence-corrected chi connectivity index (χ1v) is 7.30. The van der Waals surface area contributed by atoms with Crippen molar-refractivity contribution in [1.29, 1.82) is 0 Å². The van der Waals surface area contributed by atoms with Gasteiger partial charge in [0.25, 0.3) is 0 Å². The van der Waals surface area contributed by atoms with E-state index in [0.29, 0.717) is 11.6 Å². The second-order valence-corrected chi connectivity index (χ2v) is 5.19. The third-order valence-electron chi connectivity index (χ3n) is 3.07. The van der Waals surface area contributed by atoms with Crippen LogP contribution in [0, 0.1) is 5.82 Å². The van der Waals surface area contributed by atoms with Gasteiger partial charge >= 0.3 is 0 Å². The van der Waals surface area contributed by atoms with Crippen molar-refractivity contribution in [2.45, 2.75) is 26.3 Å². The zero-order valence-electron chi connectivity index (χ0n) is 12.1. The molecule has 0 aliphatic heterocycles. The Morgan fingerprint density at radius 3 is 2.86 bits per heavy atom. The largest absolute Gasteiger partial charge is 0.437 e. The summed E-state index contributed by atoms with van der Waals surface area (Å²) >= 11 is 5.95. The molecule has 1 unspecified atom stereocenters. The lowest BCUT2D eigenvalue weighted by atomic mass is 10.1. The number of benzene rings is 1. The number of hydrogen-bond donors (Lipinski definition) is 1. The van der Waals surface area contributed by atoms with Crippen molar-refractivity contribution in [3.63, 3.8) is 0 Å². The Morgan fingerprint density at radius 2 is 2.14 bits per heavy atom. The summed E-state index contributed by atoms with van der Waals surface area (Å²) in [7, 11) is 0.